The fourth-order valence-electron chi connectivity index (χ4n) is 2.15. The Morgan fingerprint density at radius 1 is 1.04 bits per heavy atom. The van der Waals surface area contributed by atoms with Gasteiger partial charge in [0, 0.05) is 25.2 Å². The summed E-state index contributed by atoms with van der Waals surface area (Å²) in [7, 11) is 1.64. The van der Waals surface area contributed by atoms with Gasteiger partial charge < -0.3 is 15.4 Å². The van der Waals surface area contributed by atoms with Crippen molar-refractivity contribution >= 4 is 34.8 Å². The maximum atomic E-state index is 11.8. The van der Waals surface area contributed by atoms with Crippen LogP contribution in [0.1, 0.15) is 12.0 Å². The third kappa shape index (κ3) is 5.95. The van der Waals surface area contributed by atoms with Gasteiger partial charge in [-0.1, -0.05) is 35.3 Å². The Hall–Kier alpha value is -1.91. The Labute approximate surface area is 152 Å². The first-order valence-electron chi connectivity index (χ1n) is 7.67. The Bertz CT molecular complexity index is 675. The summed E-state index contributed by atoms with van der Waals surface area (Å²) in [6, 6.07) is 13.1. The highest BCUT2D eigenvalue weighted by Gasteiger charge is 2.03. The minimum Gasteiger partial charge on any atom is -0.497 e. The van der Waals surface area contributed by atoms with Gasteiger partial charge in [-0.15, -0.1) is 0 Å². The molecule has 0 atom stereocenters. The van der Waals surface area contributed by atoms with Crippen molar-refractivity contribution in [1.29, 1.82) is 0 Å². The fourth-order valence-corrected chi connectivity index (χ4v) is 2.45. The second kappa shape index (κ2) is 9.40. The van der Waals surface area contributed by atoms with Crippen LogP contribution >= 0.6 is 23.2 Å². The average Bonchev–Trinajstić information content (AvgIpc) is 2.59. The van der Waals surface area contributed by atoms with E-state index in [2.05, 4.69) is 10.6 Å². The Balaban J connectivity index is 1.64. The van der Waals surface area contributed by atoms with Gasteiger partial charge in [0.25, 0.3) is 0 Å². The first kappa shape index (κ1) is 18.4. The summed E-state index contributed by atoms with van der Waals surface area (Å²) in [6.45, 7) is 1.14. The van der Waals surface area contributed by atoms with Gasteiger partial charge in [0.1, 0.15) is 5.75 Å². The number of carbonyl (C=O) groups is 1. The number of amides is 1. The Morgan fingerprint density at radius 3 is 2.46 bits per heavy atom. The quantitative estimate of drug-likeness (QED) is 0.737. The smallest absolute Gasteiger partial charge is 0.221 e. The van der Waals surface area contributed by atoms with Gasteiger partial charge in [-0.25, -0.2) is 0 Å². The van der Waals surface area contributed by atoms with Crippen LogP contribution in [0, 0.1) is 0 Å². The maximum Gasteiger partial charge on any atom is 0.221 e. The van der Waals surface area contributed by atoms with Crippen molar-refractivity contribution in [1.82, 2.24) is 5.32 Å². The lowest BCUT2D eigenvalue weighted by Crippen LogP contribution is -2.27. The third-order valence-corrected chi connectivity index (χ3v) is 4.23. The van der Waals surface area contributed by atoms with Crippen molar-refractivity contribution in [3.05, 3.63) is 58.1 Å². The number of nitrogens with one attached hydrogen (secondary N) is 2. The molecule has 4 nitrogen and oxygen atoms in total. The van der Waals surface area contributed by atoms with Gasteiger partial charge in [0.2, 0.25) is 5.91 Å². The van der Waals surface area contributed by atoms with Crippen LogP contribution in [-0.2, 0) is 11.2 Å². The average molecular weight is 367 g/mol. The molecule has 2 aromatic rings. The van der Waals surface area contributed by atoms with E-state index in [1.807, 2.05) is 30.3 Å². The Morgan fingerprint density at radius 2 is 1.79 bits per heavy atom. The van der Waals surface area contributed by atoms with E-state index < -0.39 is 0 Å². The number of methoxy groups -OCH3 is 1. The highest BCUT2D eigenvalue weighted by atomic mass is 35.5. The largest absolute Gasteiger partial charge is 0.497 e. The number of anilines is 1. The molecule has 2 rings (SSSR count). The van der Waals surface area contributed by atoms with Crippen LogP contribution in [0.4, 0.5) is 5.69 Å². The zero-order chi connectivity index (χ0) is 17.4. The molecule has 2 aromatic carbocycles. The molecule has 24 heavy (non-hydrogen) atoms. The molecule has 0 fully saturated rings. The topological polar surface area (TPSA) is 50.4 Å². The van der Waals surface area contributed by atoms with Crippen molar-refractivity contribution in [2.45, 2.75) is 12.8 Å². The van der Waals surface area contributed by atoms with Gasteiger partial charge in [-0.05, 0) is 42.3 Å². The van der Waals surface area contributed by atoms with Crippen LogP contribution in [0.2, 0.25) is 10.0 Å². The third-order valence-electron chi connectivity index (χ3n) is 3.50. The van der Waals surface area contributed by atoms with Crippen molar-refractivity contribution < 1.29 is 9.53 Å². The monoisotopic (exact) mass is 366 g/mol. The molecule has 6 heteroatoms. The summed E-state index contributed by atoms with van der Waals surface area (Å²) < 4.78 is 5.11. The zero-order valence-corrected chi connectivity index (χ0v) is 15.0. The maximum absolute atomic E-state index is 11.8. The predicted molar refractivity (Wildman–Crippen MR) is 99.3 cm³/mol. The van der Waals surface area contributed by atoms with Crippen LogP contribution in [0.3, 0.4) is 0 Å². The molecule has 0 aliphatic carbocycles. The van der Waals surface area contributed by atoms with Crippen LogP contribution in [-0.4, -0.2) is 26.1 Å². The molecule has 0 unspecified atom stereocenters. The van der Waals surface area contributed by atoms with Gasteiger partial charge in [0.15, 0.2) is 0 Å². The lowest BCUT2D eigenvalue weighted by atomic mass is 10.1. The van der Waals surface area contributed by atoms with Crippen molar-refractivity contribution in [3.63, 3.8) is 0 Å². The first-order valence-corrected chi connectivity index (χ1v) is 8.42. The summed E-state index contributed by atoms with van der Waals surface area (Å²) in [5.41, 5.74) is 2.00. The van der Waals surface area contributed by atoms with E-state index in [4.69, 9.17) is 27.9 Å². The van der Waals surface area contributed by atoms with E-state index in [0.717, 1.165) is 23.4 Å². The molecule has 0 heterocycles. The lowest BCUT2D eigenvalue weighted by Gasteiger charge is -2.08. The zero-order valence-electron chi connectivity index (χ0n) is 13.4. The second-order valence-corrected chi connectivity index (χ2v) is 6.07. The van der Waals surface area contributed by atoms with E-state index >= 15 is 0 Å². The summed E-state index contributed by atoms with van der Waals surface area (Å²) in [4.78, 5) is 11.8. The minimum atomic E-state index is 0.0103. The van der Waals surface area contributed by atoms with E-state index in [9.17, 15) is 4.79 Å². The molecular formula is C18H20Cl2N2O2. The van der Waals surface area contributed by atoms with Crippen LogP contribution < -0.4 is 15.4 Å². The van der Waals surface area contributed by atoms with Crippen LogP contribution in [0.5, 0.6) is 5.75 Å². The molecule has 0 radical (unpaired) electrons. The number of carbonyl (C=O) groups excluding carboxylic acids is 1. The van der Waals surface area contributed by atoms with Crippen LogP contribution in [0.25, 0.3) is 0 Å². The van der Waals surface area contributed by atoms with Gasteiger partial charge >= 0.3 is 0 Å². The normalized spacial score (nSPS) is 10.3. The summed E-state index contributed by atoms with van der Waals surface area (Å²) in [6.07, 6.45) is 1.18. The van der Waals surface area contributed by atoms with Gasteiger partial charge in [-0.3, -0.25) is 4.79 Å². The summed E-state index contributed by atoms with van der Waals surface area (Å²) >= 11 is 11.8. The number of rotatable bonds is 8. The number of benzene rings is 2. The molecule has 0 spiro atoms. The molecule has 0 aliphatic rings. The lowest BCUT2D eigenvalue weighted by molar-refractivity contribution is -0.120. The first-order chi connectivity index (χ1) is 11.6. The minimum absolute atomic E-state index is 0.0103. The predicted octanol–water partition coefficient (Wildman–Crippen LogP) is 4.16. The van der Waals surface area contributed by atoms with Crippen LogP contribution in [0.15, 0.2) is 42.5 Å². The van der Waals surface area contributed by atoms with Crippen molar-refractivity contribution in [3.8, 4) is 5.75 Å². The molecule has 0 saturated heterocycles. The Kier molecular flexibility index (Phi) is 7.22. The van der Waals surface area contributed by atoms with E-state index in [-0.39, 0.29) is 5.91 Å². The molecule has 0 bridgehead atoms. The number of hydrogen-bond donors (Lipinski definition) is 2. The molecule has 0 aromatic heterocycles. The highest BCUT2D eigenvalue weighted by Crippen LogP contribution is 2.24. The van der Waals surface area contributed by atoms with Crippen molar-refractivity contribution in [2.24, 2.45) is 0 Å². The number of halogens is 2. The summed E-state index contributed by atoms with van der Waals surface area (Å²) in [5, 5.41) is 7.06. The second-order valence-electron chi connectivity index (χ2n) is 5.25. The molecule has 0 saturated carbocycles. The standard InChI is InChI=1S/C18H20Cl2N2O2/c1-24-15-5-2-13(3-6-15)8-10-22-18(23)9-11-21-14-4-7-16(19)17(20)12-14/h2-7,12,21H,8-11H2,1H3,(H,22,23). The SMILES string of the molecule is COc1ccc(CCNC(=O)CCNc2ccc(Cl)c(Cl)c2)cc1. The number of hydrogen-bond acceptors (Lipinski definition) is 3. The van der Waals surface area contributed by atoms with E-state index in [0.29, 0.717) is 29.6 Å². The molecular weight excluding hydrogens is 347 g/mol. The molecule has 128 valence electrons. The van der Waals surface area contributed by atoms with Crippen molar-refractivity contribution in [2.75, 3.05) is 25.5 Å². The van der Waals surface area contributed by atoms with Gasteiger partial charge in [-0.2, -0.15) is 0 Å². The van der Waals surface area contributed by atoms with E-state index in [1.165, 1.54) is 0 Å². The molecule has 1 amide bonds. The van der Waals surface area contributed by atoms with E-state index in [1.54, 1.807) is 19.2 Å². The van der Waals surface area contributed by atoms with Gasteiger partial charge in [0.05, 0.1) is 17.2 Å². The molecule has 0 aliphatic heterocycles. The summed E-state index contributed by atoms with van der Waals surface area (Å²) in [5.74, 6) is 0.840. The fraction of sp³-hybridized carbons (Fsp3) is 0.278. The number of ether oxygens (including phenoxy) is 1. The molecule has 2 N–H and O–H groups in total. The highest BCUT2D eigenvalue weighted by molar-refractivity contribution is 6.42.